The van der Waals surface area contributed by atoms with Crippen molar-refractivity contribution < 1.29 is 4.79 Å². The van der Waals surface area contributed by atoms with Gasteiger partial charge >= 0.3 is 0 Å². The van der Waals surface area contributed by atoms with E-state index in [1.807, 2.05) is 71.3 Å². The Hall–Kier alpha value is -3.03. The average Bonchev–Trinajstić information content (AvgIpc) is 3.26. The van der Waals surface area contributed by atoms with Crippen molar-refractivity contribution in [2.24, 2.45) is 0 Å². The SMILES string of the molecule is O=C(NCc1ccc(CNc2cc(-c3ccccc3Cl)nc3c(Br)ccn23)cc1)c1cc(Cl)cc(Cl)c1. The van der Waals surface area contributed by atoms with Crippen molar-refractivity contribution in [1.29, 1.82) is 0 Å². The Morgan fingerprint density at radius 2 is 1.54 bits per heavy atom. The van der Waals surface area contributed by atoms with E-state index in [4.69, 9.17) is 39.8 Å². The molecule has 9 heteroatoms. The van der Waals surface area contributed by atoms with Gasteiger partial charge in [0.1, 0.15) is 5.82 Å². The molecule has 0 bridgehead atoms. The maximum atomic E-state index is 12.5. The molecule has 0 saturated heterocycles. The smallest absolute Gasteiger partial charge is 0.251 e. The summed E-state index contributed by atoms with van der Waals surface area (Å²) in [6.45, 7) is 0.991. The van der Waals surface area contributed by atoms with E-state index in [1.54, 1.807) is 18.2 Å². The van der Waals surface area contributed by atoms with Gasteiger partial charge in [-0.05, 0) is 57.4 Å². The van der Waals surface area contributed by atoms with Crippen molar-refractivity contribution >= 4 is 68.1 Å². The predicted octanol–water partition coefficient (Wildman–Crippen LogP) is 8.27. The zero-order valence-corrected chi connectivity index (χ0v) is 23.2. The largest absolute Gasteiger partial charge is 0.367 e. The van der Waals surface area contributed by atoms with Crippen molar-refractivity contribution in [3.63, 3.8) is 0 Å². The van der Waals surface area contributed by atoms with Crippen LogP contribution in [0, 0.1) is 0 Å². The summed E-state index contributed by atoms with van der Waals surface area (Å²) >= 11 is 22.0. The number of rotatable bonds is 7. The molecule has 0 aliphatic heterocycles. The second-order valence-corrected chi connectivity index (χ2v) is 10.5. The highest BCUT2D eigenvalue weighted by Crippen LogP contribution is 2.31. The van der Waals surface area contributed by atoms with Gasteiger partial charge in [0, 0.05) is 51.5 Å². The van der Waals surface area contributed by atoms with E-state index in [9.17, 15) is 4.79 Å². The minimum atomic E-state index is -0.232. The van der Waals surface area contributed by atoms with Gasteiger partial charge in [0.25, 0.3) is 5.91 Å². The van der Waals surface area contributed by atoms with Gasteiger partial charge in [-0.25, -0.2) is 4.98 Å². The molecular weight excluding hydrogens is 595 g/mol. The number of benzene rings is 3. The normalized spacial score (nSPS) is 11.0. The third-order valence-corrected chi connectivity index (χ3v) is 7.18. The standard InChI is InChI=1S/C28H20BrCl3N4O/c29-23-9-10-36-26(14-25(35-27(23)36)22-3-1-2-4-24(22)32)33-15-17-5-7-18(8-6-17)16-34-28(37)19-11-20(30)13-21(31)12-19/h1-14,33H,15-16H2,(H,34,37). The summed E-state index contributed by atoms with van der Waals surface area (Å²) in [7, 11) is 0. The first-order valence-electron chi connectivity index (χ1n) is 11.4. The Bertz CT molecular complexity index is 1580. The number of nitrogens with zero attached hydrogens (tertiary/aromatic N) is 2. The lowest BCUT2D eigenvalue weighted by atomic mass is 10.1. The topological polar surface area (TPSA) is 58.4 Å². The molecule has 3 aromatic carbocycles. The van der Waals surface area contributed by atoms with E-state index in [2.05, 4.69) is 26.6 Å². The molecule has 0 aliphatic rings. The molecule has 0 radical (unpaired) electrons. The summed E-state index contributed by atoms with van der Waals surface area (Å²) in [6.07, 6.45) is 1.96. The lowest BCUT2D eigenvalue weighted by molar-refractivity contribution is 0.0951. The molecule has 5 nitrogen and oxygen atoms in total. The van der Waals surface area contributed by atoms with Crippen LogP contribution in [0.25, 0.3) is 16.9 Å². The minimum Gasteiger partial charge on any atom is -0.367 e. The van der Waals surface area contributed by atoms with E-state index in [-0.39, 0.29) is 5.91 Å². The maximum Gasteiger partial charge on any atom is 0.251 e. The molecule has 0 unspecified atom stereocenters. The Labute approximate surface area is 237 Å². The van der Waals surface area contributed by atoms with Crippen LogP contribution in [0.1, 0.15) is 21.5 Å². The van der Waals surface area contributed by atoms with Crippen LogP contribution in [-0.2, 0) is 13.1 Å². The number of carbonyl (C=O) groups is 1. The van der Waals surface area contributed by atoms with Gasteiger partial charge in [0.2, 0.25) is 0 Å². The number of nitrogens with one attached hydrogen (secondary N) is 2. The number of hydrogen-bond donors (Lipinski definition) is 2. The molecular formula is C28H20BrCl3N4O. The van der Waals surface area contributed by atoms with Crippen molar-refractivity contribution in [3.05, 3.63) is 121 Å². The highest BCUT2D eigenvalue weighted by Gasteiger charge is 2.12. The first-order valence-corrected chi connectivity index (χ1v) is 13.3. The number of amides is 1. The number of hydrogen-bond acceptors (Lipinski definition) is 3. The monoisotopic (exact) mass is 612 g/mol. The Kier molecular flexibility index (Phi) is 7.72. The van der Waals surface area contributed by atoms with E-state index in [0.29, 0.717) is 33.7 Å². The quantitative estimate of drug-likeness (QED) is 0.194. The fourth-order valence-corrected chi connectivity index (χ4v) is 5.08. The number of anilines is 1. The maximum absolute atomic E-state index is 12.5. The second-order valence-electron chi connectivity index (χ2n) is 8.37. The molecule has 0 aliphatic carbocycles. The fourth-order valence-electron chi connectivity index (χ4n) is 3.93. The van der Waals surface area contributed by atoms with Crippen molar-refractivity contribution in [2.75, 3.05) is 5.32 Å². The Balaban J connectivity index is 1.28. The zero-order chi connectivity index (χ0) is 25.9. The van der Waals surface area contributed by atoms with E-state index in [0.717, 1.165) is 38.3 Å². The Morgan fingerprint density at radius 3 is 2.24 bits per heavy atom. The summed E-state index contributed by atoms with van der Waals surface area (Å²) in [6, 6.07) is 24.4. The van der Waals surface area contributed by atoms with Crippen molar-refractivity contribution in [1.82, 2.24) is 14.7 Å². The fraction of sp³-hybridized carbons (Fsp3) is 0.0714. The molecule has 0 fully saturated rings. The molecule has 2 heterocycles. The van der Waals surface area contributed by atoms with E-state index in [1.165, 1.54) is 0 Å². The van der Waals surface area contributed by atoms with Gasteiger partial charge in [0.05, 0.1) is 10.2 Å². The van der Waals surface area contributed by atoms with E-state index < -0.39 is 0 Å². The molecule has 5 aromatic rings. The summed E-state index contributed by atoms with van der Waals surface area (Å²) in [5, 5.41) is 7.91. The molecule has 2 N–H and O–H groups in total. The third kappa shape index (κ3) is 5.94. The summed E-state index contributed by atoms with van der Waals surface area (Å²) in [4.78, 5) is 17.3. The highest BCUT2D eigenvalue weighted by atomic mass is 79.9. The zero-order valence-electron chi connectivity index (χ0n) is 19.3. The van der Waals surface area contributed by atoms with Crippen LogP contribution in [0.4, 0.5) is 5.82 Å². The summed E-state index contributed by atoms with van der Waals surface area (Å²) in [5.74, 6) is 0.659. The first-order chi connectivity index (χ1) is 17.9. The molecule has 0 saturated carbocycles. The van der Waals surface area contributed by atoms with Crippen LogP contribution in [0.2, 0.25) is 15.1 Å². The van der Waals surface area contributed by atoms with Crippen LogP contribution < -0.4 is 10.6 Å². The van der Waals surface area contributed by atoms with Gasteiger partial charge in [-0.3, -0.25) is 9.20 Å². The summed E-state index contributed by atoms with van der Waals surface area (Å²) in [5.41, 5.74) is 4.95. The van der Waals surface area contributed by atoms with Crippen molar-refractivity contribution in [3.8, 4) is 11.3 Å². The van der Waals surface area contributed by atoms with E-state index >= 15 is 0 Å². The molecule has 0 spiro atoms. The Morgan fingerprint density at radius 1 is 0.865 bits per heavy atom. The van der Waals surface area contributed by atoms with Gasteiger partial charge in [-0.2, -0.15) is 0 Å². The van der Waals surface area contributed by atoms with Crippen LogP contribution >= 0.6 is 50.7 Å². The minimum absolute atomic E-state index is 0.232. The van der Waals surface area contributed by atoms with Gasteiger partial charge in [0.15, 0.2) is 5.65 Å². The van der Waals surface area contributed by atoms with Gasteiger partial charge < -0.3 is 10.6 Å². The van der Waals surface area contributed by atoms with Crippen LogP contribution in [0.5, 0.6) is 0 Å². The average molecular weight is 615 g/mol. The third-order valence-electron chi connectivity index (χ3n) is 5.80. The lowest BCUT2D eigenvalue weighted by Gasteiger charge is -2.13. The molecule has 5 rings (SSSR count). The van der Waals surface area contributed by atoms with Crippen LogP contribution in [-0.4, -0.2) is 15.3 Å². The van der Waals surface area contributed by atoms with Crippen LogP contribution in [0.15, 0.2) is 89.5 Å². The van der Waals surface area contributed by atoms with Crippen molar-refractivity contribution in [2.45, 2.75) is 13.1 Å². The summed E-state index contributed by atoms with van der Waals surface area (Å²) < 4.78 is 2.90. The number of aromatic nitrogens is 2. The molecule has 2 aromatic heterocycles. The first kappa shape index (κ1) is 25.6. The van der Waals surface area contributed by atoms with Crippen LogP contribution in [0.3, 0.4) is 0 Å². The second kappa shape index (κ2) is 11.2. The molecule has 1 amide bonds. The number of carbonyl (C=O) groups excluding carboxylic acids is 1. The van der Waals surface area contributed by atoms with Gasteiger partial charge in [-0.1, -0.05) is 77.3 Å². The van der Waals surface area contributed by atoms with Gasteiger partial charge in [-0.15, -0.1) is 0 Å². The molecule has 186 valence electrons. The molecule has 0 atom stereocenters. The number of halogens is 4. The predicted molar refractivity (Wildman–Crippen MR) is 155 cm³/mol. The number of fused-ring (bicyclic) bond motifs is 1. The molecule has 37 heavy (non-hydrogen) atoms. The lowest BCUT2D eigenvalue weighted by Crippen LogP contribution is -2.22. The highest BCUT2D eigenvalue weighted by molar-refractivity contribution is 9.10.